The van der Waals surface area contributed by atoms with Crippen molar-refractivity contribution in [1.29, 1.82) is 0 Å². The molecule has 0 bridgehead atoms. The first-order valence-electron chi connectivity index (χ1n) is 8.80. The topological polar surface area (TPSA) is 114 Å². The van der Waals surface area contributed by atoms with Gasteiger partial charge in [-0.25, -0.2) is 4.98 Å². The lowest BCUT2D eigenvalue weighted by Gasteiger charge is -2.15. The average molecular weight is 366 g/mol. The average Bonchev–Trinajstić information content (AvgIpc) is 3.16. The molecule has 0 saturated carbocycles. The lowest BCUT2D eigenvalue weighted by Crippen LogP contribution is -2.28. The minimum atomic E-state index is -0.301. The van der Waals surface area contributed by atoms with E-state index in [0.717, 1.165) is 11.3 Å². The first kappa shape index (κ1) is 18.4. The molecule has 2 heterocycles. The molecule has 140 valence electrons. The Kier molecular flexibility index (Phi) is 6.04. The van der Waals surface area contributed by atoms with Crippen LogP contribution in [0.5, 0.6) is 0 Å². The molecule has 2 aromatic heterocycles. The van der Waals surface area contributed by atoms with Gasteiger partial charge in [-0.15, -0.1) is 0 Å². The smallest absolute Gasteiger partial charge is 0.252 e. The minimum absolute atomic E-state index is 0.0484. The van der Waals surface area contributed by atoms with Crippen LogP contribution < -0.4 is 16.6 Å². The summed E-state index contributed by atoms with van der Waals surface area (Å²) in [5.41, 5.74) is 6.40. The van der Waals surface area contributed by atoms with E-state index in [0.29, 0.717) is 31.6 Å². The Labute approximate surface area is 156 Å². The highest BCUT2D eigenvalue weighted by molar-refractivity contribution is 5.76. The molecule has 3 rings (SSSR count). The number of aromatic amines is 1. The van der Waals surface area contributed by atoms with E-state index >= 15 is 0 Å². The summed E-state index contributed by atoms with van der Waals surface area (Å²) in [6.45, 7) is 0.363. The van der Waals surface area contributed by atoms with Gasteiger partial charge in [0, 0.05) is 31.4 Å². The molecule has 0 radical (unpaired) electrons. The molecule has 0 saturated heterocycles. The summed E-state index contributed by atoms with van der Waals surface area (Å²) in [5.74, 6) is 1.27. The summed E-state index contributed by atoms with van der Waals surface area (Å²) in [5, 5.41) is 2.86. The van der Waals surface area contributed by atoms with Crippen LogP contribution in [0.4, 0.5) is 5.82 Å². The lowest BCUT2D eigenvalue weighted by atomic mass is 9.93. The van der Waals surface area contributed by atoms with Crippen LogP contribution >= 0.6 is 0 Å². The van der Waals surface area contributed by atoms with Gasteiger partial charge in [0.2, 0.25) is 5.91 Å². The normalized spacial score (nSPS) is 11.9. The van der Waals surface area contributed by atoms with Gasteiger partial charge in [0.25, 0.3) is 5.56 Å². The van der Waals surface area contributed by atoms with Crippen LogP contribution in [0.25, 0.3) is 0 Å². The molecule has 4 N–H and O–H groups in total. The van der Waals surface area contributed by atoms with E-state index in [1.807, 2.05) is 42.5 Å². The van der Waals surface area contributed by atoms with Gasteiger partial charge < -0.3 is 20.5 Å². The van der Waals surface area contributed by atoms with Gasteiger partial charge >= 0.3 is 0 Å². The van der Waals surface area contributed by atoms with Crippen LogP contribution in [0.2, 0.25) is 0 Å². The van der Waals surface area contributed by atoms with Crippen molar-refractivity contribution in [3.8, 4) is 0 Å². The van der Waals surface area contributed by atoms with Crippen LogP contribution in [0.3, 0.4) is 0 Å². The highest BCUT2D eigenvalue weighted by atomic mass is 16.3. The maximum Gasteiger partial charge on any atom is 0.252 e. The zero-order valence-corrected chi connectivity index (χ0v) is 14.9. The number of H-pyrrole nitrogens is 1. The Morgan fingerprint density at radius 1 is 1.22 bits per heavy atom. The molecule has 0 aliphatic rings. The standard InChI is InChI=1S/C20H22N4O3/c21-17-13-20(26)24-18(23-17)8-9-22-19(25)12-15(16-7-4-10-27-16)11-14-5-2-1-3-6-14/h1-7,10,13,15H,8-9,11-12H2,(H,22,25)(H3,21,23,24,26)/t15-/m0/s1. The van der Waals surface area contributed by atoms with Gasteiger partial charge in [0.1, 0.15) is 17.4 Å². The number of hydrogen-bond acceptors (Lipinski definition) is 5. The van der Waals surface area contributed by atoms with Crippen molar-refractivity contribution in [2.45, 2.75) is 25.2 Å². The third-order valence-corrected chi connectivity index (χ3v) is 4.20. The fourth-order valence-corrected chi connectivity index (χ4v) is 2.96. The minimum Gasteiger partial charge on any atom is -0.469 e. The number of nitrogens with zero attached hydrogens (tertiary/aromatic N) is 1. The number of nitrogens with two attached hydrogens (primary N) is 1. The third-order valence-electron chi connectivity index (χ3n) is 4.20. The van der Waals surface area contributed by atoms with Crippen LogP contribution in [0.1, 0.15) is 29.5 Å². The predicted octanol–water partition coefficient (Wildman–Crippen LogP) is 2.02. The Morgan fingerprint density at radius 2 is 2.04 bits per heavy atom. The molecule has 0 fully saturated rings. The third kappa shape index (κ3) is 5.57. The van der Waals surface area contributed by atoms with Gasteiger partial charge in [-0.2, -0.15) is 0 Å². The first-order valence-corrected chi connectivity index (χ1v) is 8.80. The second-order valence-electron chi connectivity index (χ2n) is 6.32. The van der Waals surface area contributed by atoms with E-state index in [9.17, 15) is 9.59 Å². The quantitative estimate of drug-likeness (QED) is 0.564. The highest BCUT2D eigenvalue weighted by Gasteiger charge is 2.19. The number of nitrogen functional groups attached to an aromatic ring is 1. The molecule has 3 aromatic rings. The Balaban J connectivity index is 1.57. The number of furan rings is 1. The molecule has 27 heavy (non-hydrogen) atoms. The summed E-state index contributed by atoms with van der Waals surface area (Å²) in [7, 11) is 0. The summed E-state index contributed by atoms with van der Waals surface area (Å²) in [4.78, 5) is 30.4. The largest absolute Gasteiger partial charge is 0.469 e. The SMILES string of the molecule is Nc1cc(=O)[nH]c(CCNC(=O)C[C@H](Cc2ccccc2)c2ccco2)n1. The van der Waals surface area contributed by atoms with Crippen molar-refractivity contribution < 1.29 is 9.21 Å². The van der Waals surface area contributed by atoms with E-state index < -0.39 is 0 Å². The second-order valence-corrected chi connectivity index (χ2v) is 6.32. The molecule has 7 nitrogen and oxygen atoms in total. The van der Waals surface area contributed by atoms with Crippen molar-refractivity contribution in [3.63, 3.8) is 0 Å². The number of benzene rings is 1. The number of anilines is 1. The van der Waals surface area contributed by atoms with Crippen LogP contribution in [-0.4, -0.2) is 22.4 Å². The molecule has 0 unspecified atom stereocenters. The van der Waals surface area contributed by atoms with E-state index in [4.69, 9.17) is 10.2 Å². The van der Waals surface area contributed by atoms with Crippen LogP contribution in [0.15, 0.2) is 64.0 Å². The maximum absolute atomic E-state index is 12.4. The number of carbonyl (C=O) groups excluding carboxylic acids is 1. The van der Waals surface area contributed by atoms with Crippen molar-refractivity contribution in [1.82, 2.24) is 15.3 Å². The van der Waals surface area contributed by atoms with Gasteiger partial charge in [-0.1, -0.05) is 30.3 Å². The number of nitrogens with one attached hydrogen (secondary N) is 2. The highest BCUT2D eigenvalue weighted by Crippen LogP contribution is 2.24. The van der Waals surface area contributed by atoms with Crippen molar-refractivity contribution in [3.05, 3.63) is 82.3 Å². The Hall–Kier alpha value is -3.35. The van der Waals surface area contributed by atoms with E-state index in [-0.39, 0.29) is 23.2 Å². The van der Waals surface area contributed by atoms with Gasteiger partial charge in [-0.3, -0.25) is 9.59 Å². The van der Waals surface area contributed by atoms with E-state index in [1.54, 1.807) is 6.26 Å². The summed E-state index contributed by atoms with van der Waals surface area (Å²) >= 11 is 0. The monoisotopic (exact) mass is 366 g/mol. The molecule has 7 heteroatoms. The van der Waals surface area contributed by atoms with Gasteiger partial charge in [-0.05, 0) is 24.1 Å². The van der Waals surface area contributed by atoms with Gasteiger partial charge in [0.15, 0.2) is 0 Å². The molecule has 1 atom stereocenters. The molecule has 1 amide bonds. The molecular formula is C20H22N4O3. The Bertz CT molecular complexity index is 920. The number of hydrogen-bond donors (Lipinski definition) is 3. The zero-order valence-electron chi connectivity index (χ0n) is 14.9. The van der Waals surface area contributed by atoms with Crippen molar-refractivity contribution in [2.24, 2.45) is 0 Å². The molecular weight excluding hydrogens is 344 g/mol. The fourth-order valence-electron chi connectivity index (χ4n) is 2.96. The maximum atomic E-state index is 12.4. The second kappa shape index (κ2) is 8.84. The van der Waals surface area contributed by atoms with Crippen LogP contribution in [-0.2, 0) is 17.6 Å². The number of amides is 1. The van der Waals surface area contributed by atoms with E-state index in [2.05, 4.69) is 15.3 Å². The van der Waals surface area contributed by atoms with Gasteiger partial charge in [0.05, 0.1) is 6.26 Å². The zero-order chi connectivity index (χ0) is 19.1. The first-order chi connectivity index (χ1) is 13.1. The predicted molar refractivity (Wildman–Crippen MR) is 102 cm³/mol. The van der Waals surface area contributed by atoms with Crippen LogP contribution in [0, 0.1) is 0 Å². The number of carbonyl (C=O) groups is 1. The van der Waals surface area contributed by atoms with E-state index in [1.165, 1.54) is 6.07 Å². The molecule has 1 aromatic carbocycles. The molecule has 0 spiro atoms. The summed E-state index contributed by atoms with van der Waals surface area (Å²) in [6, 6.07) is 14.9. The Morgan fingerprint density at radius 3 is 2.74 bits per heavy atom. The van der Waals surface area contributed by atoms with Crippen molar-refractivity contribution >= 4 is 11.7 Å². The number of aromatic nitrogens is 2. The summed E-state index contributed by atoms with van der Waals surface area (Å²) in [6.07, 6.45) is 3.04. The summed E-state index contributed by atoms with van der Waals surface area (Å²) < 4.78 is 5.53. The van der Waals surface area contributed by atoms with Crippen molar-refractivity contribution in [2.75, 3.05) is 12.3 Å². The molecule has 0 aliphatic carbocycles. The number of rotatable bonds is 8. The fraction of sp³-hybridized carbons (Fsp3) is 0.250. The lowest BCUT2D eigenvalue weighted by molar-refractivity contribution is -0.121. The molecule has 0 aliphatic heterocycles.